The molecule has 0 atom stereocenters. The molecule has 0 bridgehead atoms. The number of nitrogens with zero attached hydrogens (tertiary/aromatic N) is 1. The lowest BCUT2D eigenvalue weighted by Crippen LogP contribution is -2.27. The molecule has 0 fully saturated rings. The van der Waals surface area contributed by atoms with E-state index in [2.05, 4.69) is 30.1 Å². The van der Waals surface area contributed by atoms with Crippen LogP contribution in [0.1, 0.15) is 17.5 Å². The summed E-state index contributed by atoms with van der Waals surface area (Å²) in [7, 11) is 2.15. The summed E-state index contributed by atoms with van der Waals surface area (Å²) >= 11 is 0. The van der Waals surface area contributed by atoms with Crippen LogP contribution in [-0.4, -0.2) is 31.6 Å². The third kappa shape index (κ3) is 2.54. The molecular formula is C13H20N2O. The Morgan fingerprint density at radius 3 is 3.12 bits per heavy atom. The minimum absolute atomic E-state index is 0.689. The summed E-state index contributed by atoms with van der Waals surface area (Å²) in [6, 6.07) is 6.36. The van der Waals surface area contributed by atoms with Crippen molar-refractivity contribution in [3.8, 4) is 5.75 Å². The first-order chi connectivity index (χ1) is 7.81. The molecule has 0 amide bonds. The van der Waals surface area contributed by atoms with E-state index in [0.717, 1.165) is 38.3 Å². The zero-order chi connectivity index (χ0) is 11.4. The molecule has 3 heteroatoms. The maximum Gasteiger partial charge on any atom is 0.124 e. The van der Waals surface area contributed by atoms with Crippen molar-refractivity contribution in [3.63, 3.8) is 0 Å². The number of benzene rings is 1. The van der Waals surface area contributed by atoms with Crippen molar-refractivity contribution < 1.29 is 4.74 Å². The van der Waals surface area contributed by atoms with Gasteiger partial charge in [-0.15, -0.1) is 0 Å². The van der Waals surface area contributed by atoms with Gasteiger partial charge in [0.2, 0.25) is 0 Å². The van der Waals surface area contributed by atoms with Gasteiger partial charge in [-0.2, -0.15) is 0 Å². The molecule has 2 N–H and O–H groups in total. The van der Waals surface area contributed by atoms with Gasteiger partial charge in [-0.25, -0.2) is 0 Å². The van der Waals surface area contributed by atoms with Gasteiger partial charge in [0.1, 0.15) is 5.75 Å². The van der Waals surface area contributed by atoms with Crippen molar-refractivity contribution in [2.24, 2.45) is 5.73 Å². The fourth-order valence-corrected chi connectivity index (χ4v) is 2.09. The second-order valence-electron chi connectivity index (χ2n) is 4.37. The Morgan fingerprint density at radius 1 is 1.44 bits per heavy atom. The molecule has 0 aliphatic carbocycles. The van der Waals surface area contributed by atoms with E-state index in [1.54, 1.807) is 0 Å². The number of likely N-dealkylation sites (N-methyl/N-ethyl adjacent to an activating group) is 1. The molecule has 1 aliphatic heterocycles. The summed E-state index contributed by atoms with van der Waals surface area (Å²) in [4.78, 5) is 2.33. The van der Waals surface area contributed by atoms with Crippen molar-refractivity contribution >= 4 is 0 Å². The molecule has 16 heavy (non-hydrogen) atoms. The number of hydrogen-bond donors (Lipinski definition) is 1. The molecule has 2 rings (SSSR count). The molecule has 0 saturated heterocycles. The lowest BCUT2D eigenvalue weighted by atomic mass is 9.99. The molecule has 1 aromatic carbocycles. The predicted molar refractivity (Wildman–Crippen MR) is 65.6 cm³/mol. The third-order valence-electron chi connectivity index (χ3n) is 3.03. The fourth-order valence-electron chi connectivity index (χ4n) is 2.09. The normalized spacial score (nSPS) is 15.9. The fraction of sp³-hybridized carbons (Fsp3) is 0.538. The van der Waals surface area contributed by atoms with E-state index in [-0.39, 0.29) is 0 Å². The predicted octanol–water partition coefficient (Wildman–Crippen LogP) is 1.40. The van der Waals surface area contributed by atoms with E-state index in [1.165, 1.54) is 11.1 Å². The highest BCUT2D eigenvalue weighted by Gasteiger charge is 2.16. The maximum atomic E-state index is 5.79. The van der Waals surface area contributed by atoms with Gasteiger partial charge in [-0.1, -0.05) is 12.1 Å². The average molecular weight is 220 g/mol. The first-order valence-corrected chi connectivity index (χ1v) is 5.93. The summed E-state index contributed by atoms with van der Waals surface area (Å²) in [6.45, 7) is 3.54. The zero-order valence-corrected chi connectivity index (χ0v) is 9.91. The Kier molecular flexibility index (Phi) is 3.80. The highest BCUT2D eigenvalue weighted by molar-refractivity contribution is 5.41. The van der Waals surface area contributed by atoms with Crippen LogP contribution >= 0.6 is 0 Å². The Balaban J connectivity index is 2.12. The van der Waals surface area contributed by atoms with Crippen molar-refractivity contribution in [1.29, 1.82) is 0 Å². The zero-order valence-electron chi connectivity index (χ0n) is 9.91. The van der Waals surface area contributed by atoms with Crippen LogP contribution in [0.5, 0.6) is 5.75 Å². The van der Waals surface area contributed by atoms with Crippen LogP contribution in [0, 0.1) is 0 Å². The minimum Gasteiger partial charge on any atom is -0.493 e. The van der Waals surface area contributed by atoms with Crippen LogP contribution < -0.4 is 10.5 Å². The van der Waals surface area contributed by atoms with Gasteiger partial charge in [0.05, 0.1) is 6.61 Å². The molecule has 1 aromatic rings. The van der Waals surface area contributed by atoms with Crippen molar-refractivity contribution in [2.75, 3.05) is 26.7 Å². The van der Waals surface area contributed by atoms with E-state index in [9.17, 15) is 0 Å². The molecule has 0 radical (unpaired) electrons. The summed E-state index contributed by atoms with van der Waals surface area (Å²) in [5.41, 5.74) is 8.25. The smallest absolute Gasteiger partial charge is 0.124 e. The quantitative estimate of drug-likeness (QED) is 0.780. The first-order valence-electron chi connectivity index (χ1n) is 5.93. The Bertz CT molecular complexity index is 352. The minimum atomic E-state index is 0.689. The summed E-state index contributed by atoms with van der Waals surface area (Å²) in [5, 5.41) is 0. The maximum absolute atomic E-state index is 5.79. The third-order valence-corrected chi connectivity index (χ3v) is 3.03. The Morgan fingerprint density at radius 2 is 2.31 bits per heavy atom. The Labute approximate surface area is 97.2 Å². The van der Waals surface area contributed by atoms with Crippen LogP contribution in [0.3, 0.4) is 0 Å². The number of hydrogen-bond acceptors (Lipinski definition) is 3. The molecule has 1 heterocycles. The van der Waals surface area contributed by atoms with Crippen LogP contribution in [-0.2, 0) is 13.0 Å². The van der Waals surface area contributed by atoms with Gasteiger partial charge in [0.15, 0.2) is 0 Å². The van der Waals surface area contributed by atoms with E-state index in [0.29, 0.717) is 6.54 Å². The Hall–Kier alpha value is -1.06. The van der Waals surface area contributed by atoms with Crippen LogP contribution in [0.2, 0.25) is 0 Å². The molecule has 3 nitrogen and oxygen atoms in total. The van der Waals surface area contributed by atoms with E-state index in [1.807, 2.05) is 0 Å². The molecule has 88 valence electrons. The average Bonchev–Trinajstić information content (AvgIpc) is 2.30. The highest BCUT2D eigenvalue weighted by Crippen LogP contribution is 2.27. The lowest BCUT2D eigenvalue weighted by molar-refractivity contribution is 0.280. The van der Waals surface area contributed by atoms with Gasteiger partial charge in [0, 0.05) is 18.7 Å². The first kappa shape index (κ1) is 11.4. The topological polar surface area (TPSA) is 38.5 Å². The van der Waals surface area contributed by atoms with E-state index >= 15 is 0 Å². The molecule has 0 unspecified atom stereocenters. The van der Waals surface area contributed by atoms with Gasteiger partial charge < -0.3 is 15.4 Å². The number of nitrogens with two attached hydrogens (primary N) is 1. The molecule has 0 saturated carbocycles. The second-order valence-corrected chi connectivity index (χ2v) is 4.37. The SMILES string of the molecule is CN1CCc2cccc(OCCCN)c2C1. The summed E-state index contributed by atoms with van der Waals surface area (Å²) in [6.07, 6.45) is 2.04. The largest absolute Gasteiger partial charge is 0.493 e. The van der Waals surface area contributed by atoms with Crippen molar-refractivity contribution in [3.05, 3.63) is 29.3 Å². The van der Waals surface area contributed by atoms with Crippen molar-refractivity contribution in [2.45, 2.75) is 19.4 Å². The van der Waals surface area contributed by atoms with Gasteiger partial charge in [0.25, 0.3) is 0 Å². The number of rotatable bonds is 4. The lowest BCUT2D eigenvalue weighted by Gasteiger charge is -2.26. The highest BCUT2D eigenvalue weighted by atomic mass is 16.5. The van der Waals surface area contributed by atoms with Crippen LogP contribution in [0.25, 0.3) is 0 Å². The van der Waals surface area contributed by atoms with Crippen molar-refractivity contribution in [1.82, 2.24) is 4.90 Å². The van der Waals surface area contributed by atoms with E-state index in [4.69, 9.17) is 10.5 Å². The van der Waals surface area contributed by atoms with Crippen LogP contribution in [0.4, 0.5) is 0 Å². The van der Waals surface area contributed by atoms with Gasteiger partial charge >= 0.3 is 0 Å². The van der Waals surface area contributed by atoms with E-state index < -0.39 is 0 Å². The standard InChI is InChI=1S/C13H20N2O/c1-15-8-6-11-4-2-5-13(12(11)10-15)16-9-3-7-14/h2,4-5H,3,6-10,14H2,1H3. The second kappa shape index (κ2) is 5.32. The molecule has 0 spiro atoms. The number of fused-ring (bicyclic) bond motifs is 1. The van der Waals surface area contributed by atoms with Gasteiger partial charge in [-0.3, -0.25) is 0 Å². The summed E-state index contributed by atoms with van der Waals surface area (Å²) in [5.74, 6) is 1.04. The summed E-state index contributed by atoms with van der Waals surface area (Å²) < 4.78 is 5.79. The molecular weight excluding hydrogens is 200 g/mol. The van der Waals surface area contributed by atoms with Gasteiger partial charge in [-0.05, 0) is 38.1 Å². The number of ether oxygens (including phenoxy) is 1. The monoisotopic (exact) mass is 220 g/mol. The molecule has 1 aliphatic rings. The molecule has 0 aromatic heterocycles. The van der Waals surface area contributed by atoms with Crippen LogP contribution in [0.15, 0.2) is 18.2 Å².